The van der Waals surface area contributed by atoms with E-state index in [0.29, 0.717) is 0 Å². The summed E-state index contributed by atoms with van der Waals surface area (Å²) in [6, 6.07) is 13.8. The molecule has 164 valence electrons. The van der Waals surface area contributed by atoms with Gasteiger partial charge in [0.15, 0.2) is 6.29 Å². The van der Waals surface area contributed by atoms with E-state index in [9.17, 15) is 20.0 Å². The molecule has 2 aromatic carbocycles. The van der Waals surface area contributed by atoms with Gasteiger partial charge in [0.1, 0.15) is 30.1 Å². The normalized spacial score (nSPS) is 30.1. The number of fused-ring (bicyclic) bond motifs is 1. The molecule has 2 saturated heterocycles. The van der Waals surface area contributed by atoms with Crippen LogP contribution in [-0.4, -0.2) is 53.2 Å². The van der Waals surface area contributed by atoms with Gasteiger partial charge >= 0.3 is 0 Å². The molecule has 0 aromatic heterocycles. The van der Waals surface area contributed by atoms with Crippen molar-refractivity contribution in [1.82, 2.24) is 5.32 Å². The predicted molar refractivity (Wildman–Crippen MR) is 106 cm³/mol. The molecule has 2 heterocycles. The van der Waals surface area contributed by atoms with Gasteiger partial charge in [-0.1, -0.05) is 30.3 Å². The number of aliphatic hydroxyl groups excluding tert-OH is 1. The van der Waals surface area contributed by atoms with Crippen LogP contribution in [0.4, 0.5) is 5.69 Å². The van der Waals surface area contributed by atoms with Crippen molar-refractivity contribution in [1.29, 1.82) is 0 Å². The van der Waals surface area contributed by atoms with Gasteiger partial charge in [-0.05, 0) is 12.1 Å². The quantitative estimate of drug-likeness (QED) is 0.541. The molecule has 1 amide bonds. The molecule has 2 aliphatic rings. The van der Waals surface area contributed by atoms with Crippen LogP contribution in [0, 0.1) is 10.1 Å². The van der Waals surface area contributed by atoms with Crippen LogP contribution in [0.5, 0.6) is 5.75 Å². The lowest BCUT2D eigenvalue weighted by atomic mass is 9.95. The average Bonchev–Trinajstić information content (AvgIpc) is 2.77. The van der Waals surface area contributed by atoms with Crippen LogP contribution in [0.2, 0.25) is 0 Å². The lowest BCUT2D eigenvalue weighted by molar-refractivity contribution is -0.384. The van der Waals surface area contributed by atoms with Crippen molar-refractivity contribution in [2.24, 2.45) is 0 Å². The molecule has 0 saturated carbocycles. The first-order valence-corrected chi connectivity index (χ1v) is 9.76. The second-order valence-electron chi connectivity index (χ2n) is 7.31. The third-order valence-electron chi connectivity index (χ3n) is 5.11. The van der Waals surface area contributed by atoms with Gasteiger partial charge < -0.3 is 29.4 Å². The van der Waals surface area contributed by atoms with Crippen LogP contribution in [0.25, 0.3) is 0 Å². The predicted octanol–water partition coefficient (Wildman–Crippen LogP) is 1.68. The monoisotopic (exact) mass is 430 g/mol. The maximum absolute atomic E-state index is 11.7. The topological polar surface area (TPSA) is 129 Å². The fraction of sp³-hybridized carbons (Fsp3) is 0.381. The number of carbonyl (C=O) groups is 1. The Kier molecular flexibility index (Phi) is 6.14. The molecule has 2 aromatic rings. The number of ether oxygens (including phenoxy) is 4. The van der Waals surface area contributed by atoms with Crippen LogP contribution in [0.3, 0.4) is 0 Å². The summed E-state index contributed by atoms with van der Waals surface area (Å²) >= 11 is 0. The van der Waals surface area contributed by atoms with E-state index >= 15 is 0 Å². The molecule has 2 N–H and O–H groups in total. The summed E-state index contributed by atoms with van der Waals surface area (Å²) in [6.07, 6.45) is -4.26. The summed E-state index contributed by atoms with van der Waals surface area (Å²) in [7, 11) is 0. The SMILES string of the molecule is CC(=O)N[C@H]1[C@@H](Oc2ccc([N+](=O)[O-])cc2)O[C@@H]2CO[C@@H](c3ccccc3)O[C@@H]2[C@@H]1O. The Labute approximate surface area is 177 Å². The van der Waals surface area contributed by atoms with Crippen molar-refractivity contribution in [3.63, 3.8) is 0 Å². The second kappa shape index (κ2) is 8.98. The fourth-order valence-corrected chi connectivity index (χ4v) is 3.64. The summed E-state index contributed by atoms with van der Waals surface area (Å²) in [4.78, 5) is 22.1. The number of nitro benzene ring substituents is 1. The Morgan fingerprint density at radius 3 is 2.52 bits per heavy atom. The van der Waals surface area contributed by atoms with Crippen LogP contribution >= 0.6 is 0 Å². The van der Waals surface area contributed by atoms with Crippen molar-refractivity contribution in [2.75, 3.05) is 6.61 Å². The zero-order valence-electron chi connectivity index (χ0n) is 16.6. The molecule has 0 spiro atoms. The van der Waals surface area contributed by atoms with Crippen LogP contribution < -0.4 is 10.1 Å². The maximum atomic E-state index is 11.7. The first kappa shape index (κ1) is 21.2. The van der Waals surface area contributed by atoms with Gasteiger partial charge in [0.2, 0.25) is 12.2 Å². The standard InChI is InChI=1S/C21H22N2O8/c1-12(24)22-17-18(25)19-16(11-28-20(31-19)13-5-3-2-4-6-13)30-21(17)29-15-9-7-14(8-10-15)23(26)27/h2-10,16-21,25H,11H2,1H3,(H,22,24)/t16-,17-,18-,19+,20-,21+/m1/s1. The zero-order chi connectivity index (χ0) is 22.0. The Morgan fingerprint density at radius 2 is 1.87 bits per heavy atom. The minimum atomic E-state index is -1.14. The van der Waals surface area contributed by atoms with Crippen LogP contribution in [-0.2, 0) is 19.0 Å². The van der Waals surface area contributed by atoms with Gasteiger partial charge in [0.25, 0.3) is 5.69 Å². The number of carbonyl (C=O) groups excluding carboxylic acids is 1. The molecule has 10 nitrogen and oxygen atoms in total. The van der Waals surface area contributed by atoms with E-state index in [4.69, 9.17) is 18.9 Å². The van der Waals surface area contributed by atoms with Crippen molar-refractivity contribution in [2.45, 2.75) is 43.9 Å². The largest absolute Gasteiger partial charge is 0.463 e. The Hall–Kier alpha value is -3.05. The van der Waals surface area contributed by atoms with Crippen molar-refractivity contribution in [3.8, 4) is 5.75 Å². The summed E-state index contributed by atoms with van der Waals surface area (Å²) in [5.41, 5.74) is 0.713. The van der Waals surface area contributed by atoms with Gasteiger partial charge in [-0.2, -0.15) is 0 Å². The highest BCUT2D eigenvalue weighted by molar-refractivity contribution is 5.73. The molecule has 0 unspecified atom stereocenters. The van der Waals surface area contributed by atoms with Crippen molar-refractivity contribution in [3.05, 3.63) is 70.3 Å². The number of aliphatic hydroxyl groups is 1. The molecule has 10 heteroatoms. The Bertz CT molecular complexity index is 923. The summed E-state index contributed by atoms with van der Waals surface area (Å²) in [5, 5.41) is 24.5. The van der Waals surface area contributed by atoms with Gasteiger partial charge in [-0.3, -0.25) is 14.9 Å². The Balaban J connectivity index is 1.52. The third-order valence-corrected chi connectivity index (χ3v) is 5.11. The number of rotatable bonds is 5. The highest BCUT2D eigenvalue weighted by Gasteiger charge is 2.50. The lowest BCUT2D eigenvalue weighted by Gasteiger charge is -2.47. The summed E-state index contributed by atoms with van der Waals surface area (Å²) < 4.78 is 23.5. The number of non-ortho nitro benzene ring substituents is 1. The maximum Gasteiger partial charge on any atom is 0.269 e. The molecule has 6 atom stereocenters. The summed E-state index contributed by atoms with van der Waals surface area (Å²) in [6.45, 7) is 1.47. The molecule has 2 aliphatic heterocycles. The first-order valence-electron chi connectivity index (χ1n) is 9.76. The van der Waals surface area contributed by atoms with E-state index < -0.39 is 41.9 Å². The van der Waals surface area contributed by atoms with Crippen molar-refractivity contribution < 1.29 is 33.8 Å². The number of nitrogens with one attached hydrogen (secondary N) is 1. The first-order chi connectivity index (χ1) is 14.9. The zero-order valence-corrected chi connectivity index (χ0v) is 16.6. The number of nitro groups is 1. The van der Waals surface area contributed by atoms with Crippen molar-refractivity contribution >= 4 is 11.6 Å². The fourth-order valence-electron chi connectivity index (χ4n) is 3.64. The highest BCUT2D eigenvalue weighted by atomic mass is 16.7. The van der Waals surface area contributed by atoms with Crippen LogP contribution in [0.1, 0.15) is 18.8 Å². The summed E-state index contributed by atoms with van der Waals surface area (Å²) in [5.74, 6) is -0.0912. The minimum Gasteiger partial charge on any atom is -0.463 e. The highest BCUT2D eigenvalue weighted by Crippen LogP contribution is 2.35. The minimum absolute atomic E-state index is 0.0866. The third kappa shape index (κ3) is 4.67. The van der Waals surface area contributed by atoms with Crippen LogP contribution in [0.15, 0.2) is 54.6 Å². The van der Waals surface area contributed by atoms with Gasteiger partial charge in [-0.15, -0.1) is 0 Å². The van der Waals surface area contributed by atoms with E-state index in [0.717, 1.165) is 5.56 Å². The number of hydrogen-bond acceptors (Lipinski definition) is 8. The second-order valence-corrected chi connectivity index (χ2v) is 7.31. The number of benzene rings is 2. The molecule has 0 radical (unpaired) electrons. The lowest BCUT2D eigenvalue weighted by Crippen LogP contribution is -2.67. The van der Waals surface area contributed by atoms with Gasteiger partial charge in [0, 0.05) is 24.6 Å². The molecule has 31 heavy (non-hydrogen) atoms. The Morgan fingerprint density at radius 1 is 1.16 bits per heavy atom. The number of amides is 1. The number of hydrogen-bond donors (Lipinski definition) is 2. The van der Waals surface area contributed by atoms with E-state index in [1.54, 1.807) is 0 Å². The molecule has 0 bridgehead atoms. The number of nitrogens with zero attached hydrogens (tertiary/aromatic N) is 1. The van der Waals surface area contributed by atoms with E-state index in [-0.39, 0.29) is 24.0 Å². The van der Waals surface area contributed by atoms with E-state index in [1.165, 1.54) is 31.2 Å². The molecule has 2 fully saturated rings. The molecule has 0 aliphatic carbocycles. The van der Waals surface area contributed by atoms with Gasteiger partial charge in [0.05, 0.1) is 11.5 Å². The van der Waals surface area contributed by atoms with E-state index in [2.05, 4.69) is 5.32 Å². The molecule has 4 rings (SSSR count). The van der Waals surface area contributed by atoms with Gasteiger partial charge in [-0.25, -0.2) is 0 Å². The average molecular weight is 430 g/mol. The molecular formula is C21H22N2O8. The molecular weight excluding hydrogens is 408 g/mol. The smallest absolute Gasteiger partial charge is 0.269 e. The van der Waals surface area contributed by atoms with E-state index in [1.807, 2.05) is 30.3 Å².